The maximum absolute atomic E-state index is 13.8. The largest absolute Gasteiger partial charge is 0.493 e. The SMILES string of the molecule is CCCCN(C(=O)CN1CC(c2cc(OC)c3c(c2)OCO3)C(C(=O)O)C1CCc1ncccn1)c1cccnc1. The quantitative estimate of drug-likeness (QED) is 0.351. The number of fused-ring (bicyclic) bond motifs is 1. The molecule has 1 N–H and O–H groups in total. The van der Waals surface area contributed by atoms with Gasteiger partial charge in [0.2, 0.25) is 18.4 Å². The van der Waals surface area contributed by atoms with E-state index in [1.807, 2.05) is 29.2 Å². The van der Waals surface area contributed by atoms with Gasteiger partial charge in [-0.3, -0.25) is 19.5 Å². The van der Waals surface area contributed by atoms with E-state index in [2.05, 4.69) is 21.9 Å². The fourth-order valence-corrected chi connectivity index (χ4v) is 5.78. The highest BCUT2D eigenvalue weighted by molar-refractivity contribution is 5.94. The Morgan fingerprint density at radius 3 is 2.71 bits per heavy atom. The van der Waals surface area contributed by atoms with Gasteiger partial charge in [-0.15, -0.1) is 0 Å². The summed E-state index contributed by atoms with van der Waals surface area (Å²) in [6, 6.07) is 8.65. The van der Waals surface area contributed by atoms with Crippen molar-refractivity contribution in [1.29, 1.82) is 0 Å². The standard InChI is InChI=1S/C30H35N5O6/c1-3-4-13-35(21-7-5-10-31-16-21)27(36)18-34-17-22(20-14-24(39-2)29-25(15-20)40-19-41-29)28(30(37)38)23(34)8-9-26-32-11-6-12-33-26/h5-7,10-12,14-16,22-23,28H,3-4,8-9,13,17-19H2,1-2H3,(H,37,38). The zero-order valence-corrected chi connectivity index (χ0v) is 23.3. The molecule has 3 aromatic rings. The molecule has 11 nitrogen and oxygen atoms in total. The van der Waals surface area contributed by atoms with Crippen LogP contribution in [0.4, 0.5) is 5.69 Å². The molecule has 2 aliphatic heterocycles. The lowest BCUT2D eigenvalue weighted by Crippen LogP contribution is -2.44. The number of carbonyl (C=O) groups is 2. The third kappa shape index (κ3) is 6.25. The van der Waals surface area contributed by atoms with Crippen LogP contribution >= 0.6 is 0 Å². The van der Waals surface area contributed by atoms with Gasteiger partial charge in [0.15, 0.2) is 11.5 Å². The second-order valence-corrected chi connectivity index (χ2v) is 10.2. The lowest BCUT2D eigenvalue weighted by atomic mass is 9.83. The summed E-state index contributed by atoms with van der Waals surface area (Å²) in [6.07, 6.45) is 9.45. The number of amides is 1. The lowest BCUT2D eigenvalue weighted by Gasteiger charge is -2.29. The first-order valence-electron chi connectivity index (χ1n) is 13.9. The number of aromatic nitrogens is 3. The van der Waals surface area contributed by atoms with Crippen LogP contribution in [-0.4, -0.2) is 76.4 Å². The van der Waals surface area contributed by atoms with E-state index in [-0.39, 0.29) is 19.2 Å². The van der Waals surface area contributed by atoms with E-state index in [9.17, 15) is 14.7 Å². The van der Waals surface area contributed by atoms with Crippen molar-refractivity contribution in [1.82, 2.24) is 19.9 Å². The van der Waals surface area contributed by atoms with E-state index in [1.54, 1.807) is 42.9 Å². The van der Waals surface area contributed by atoms with E-state index >= 15 is 0 Å². The summed E-state index contributed by atoms with van der Waals surface area (Å²) in [5, 5.41) is 10.5. The number of carbonyl (C=O) groups excluding carboxylic acids is 1. The number of anilines is 1. The average Bonchev–Trinajstić information content (AvgIpc) is 3.61. The van der Waals surface area contributed by atoms with Gasteiger partial charge in [0.05, 0.1) is 31.5 Å². The number of nitrogens with zero attached hydrogens (tertiary/aromatic N) is 5. The molecule has 216 valence electrons. The van der Waals surface area contributed by atoms with Gasteiger partial charge in [0.25, 0.3) is 0 Å². The number of hydrogen-bond donors (Lipinski definition) is 1. The average molecular weight is 562 g/mol. The van der Waals surface area contributed by atoms with Gasteiger partial charge in [-0.1, -0.05) is 13.3 Å². The molecule has 0 aliphatic carbocycles. The fraction of sp³-hybridized carbons (Fsp3) is 0.433. The third-order valence-electron chi connectivity index (χ3n) is 7.76. The second kappa shape index (κ2) is 12.9. The lowest BCUT2D eigenvalue weighted by molar-refractivity contribution is -0.143. The Kier molecular flexibility index (Phi) is 8.93. The molecule has 1 saturated heterocycles. The molecule has 5 rings (SSSR count). The first-order valence-corrected chi connectivity index (χ1v) is 13.9. The van der Waals surface area contributed by atoms with Gasteiger partial charge in [-0.2, -0.15) is 0 Å². The number of aliphatic carboxylic acids is 1. The number of likely N-dealkylation sites (tertiary alicyclic amines) is 1. The fourth-order valence-electron chi connectivity index (χ4n) is 5.78. The van der Waals surface area contributed by atoms with E-state index < -0.39 is 23.8 Å². The molecule has 0 saturated carbocycles. The molecule has 4 heterocycles. The number of pyridine rings is 1. The van der Waals surface area contributed by atoms with E-state index in [0.717, 1.165) is 24.1 Å². The molecular formula is C30H35N5O6. The minimum atomic E-state index is -0.921. The highest BCUT2D eigenvalue weighted by Crippen LogP contribution is 2.47. The molecule has 0 bridgehead atoms. The molecule has 0 spiro atoms. The zero-order chi connectivity index (χ0) is 28.8. The van der Waals surface area contributed by atoms with Crippen LogP contribution in [0.3, 0.4) is 0 Å². The summed E-state index contributed by atoms with van der Waals surface area (Å²) in [7, 11) is 1.54. The zero-order valence-electron chi connectivity index (χ0n) is 23.3. The minimum Gasteiger partial charge on any atom is -0.493 e. The van der Waals surface area contributed by atoms with Crippen LogP contribution in [0.1, 0.15) is 43.5 Å². The maximum Gasteiger partial charge on any atom is 0.308 e. The Bertz CT molecular complexity index is 1340. The second-order valence-electron chi connectivity index (χ2n) is 10.2. The monoisotopic (exact) mass is 561 g/mol. The van der Waals surface area contributed by atoms with Crippen LogP contribution in [0.5, 0.6) is 17.2 Å². The number of ether oxygens (including phenoxy) is 3. The van der Waals surface area contributed by atoms with Crippen molar-refractivity contribution in [2.24, 2.45) is 5.92 Å². The molecule has 11 heteroatoms. The molecular weight excluding hydrogens is 526 g/mol. The third-order valence-corrected chi connectivity index (χ3v) is 7.76. The highest BCUT2D eigenvalue weighted by atomic mass is 16.7. The first kappa shape index (κ1) is 28.3. The summed E-state index contributed by atoms with van der Waals surface area (Å²) < 4.78 is 16.7. The van der Waals surface area contributed by atoms with E-state index in [0.29, 0.717) is 49.0 Å². The van der Waals surface area contributed by atoms with Gasteiger partial charge in [-0.05, 0) is 48.7 Å². The van der Waals surface area contributed by atoms with Gasteiger partial charge in [-0.25, -0.2) is 9.97 Å². The van der Waals surface area contributed by atoms with Crippen molar-refractivity contribution < 1.29 is 28.9 Å². The molecule has 3 atom stereocenters. The number of carboxylic acid groups (broad SMARTS) is 1. The number of methoxy groups -OCH3 is 1. The topological polar surface area (TPSA) is 127 Å². The van der Waals surface area contributed by atoms with Gasteiger partial charge in [0.1, 0.15) is 5.82 Å². The summed E-state index contributed by atoms with van der Waals surface area (Å²) in [5.41, 5.74) is 1.50. The van der Waals surface area contributed by atoms with Crippen molar-refractivity contribution in [3.05, 3.63) is 66.5 Å². The summed E-state index contributed by atoms with van der Waals surface area (Å²) in [4.78, 5) is 43.3. The number of carboxylic acids is 1. The van der Waals surface area contributed by atoms with Crippen LogP contribution in [-0.2, 0) is 16.0 Å². The Morgan fingerprint density at radius 1 is 1.17 bits per heavy atom. The number of aryl methyl sites for hydroxylation is 1. The first-order chi connectivity index (χ1) is 20.0. The molecule has 41 heavy (non-hydrogen) atoms. The van der Waals surface area contributed by atoms with Crippen molar-refractivity contribution in [3.8, 4) is 17.2 Å². The molecule has 2 aromatic heterocycles. The molecule has 1 fully saturated rings. The highest BCUT2D eigenvalue weighted by Gasteiger charge is 2.47. The molecule has 1 aromatic carbocycles. The van der Waals surface area contributed by atoms with Crippen LogP contribution in [0.2, 0.25) is 0 Å². The van der Waals surface area contributed by atoms with Crippen molar-refractivity contribution in [2.75, 3.05) is 38.4 Å². The van der Waals surface area contributed by atoms with Crippen molar-refractivity contribution in [3.63, 3.8) is 0 Å². The molecule has 1 amide bonds. The Hall–Kier alpha value is -4.25. The van der Waals surface area contributed by atoms with Crippen LogP contribution < -0.4 is 19.1 Å². The van der Waals surface area contributed by atoms with Crippen LogP contribution in [0.25, 0.3) is 0 Å². The Morgan fingerprint density at radius 2 is 2.00 bits per heavy atom. The van der Waals surface area contributed by atoms with Gasteiger partial charge in [0, 0.05) is 50.1 Å². The Labute approximate surface area is 239 Å². The maximum atomic E-state index is 13.8. The normalized spacial score (nSPS) is 19.7. The van der Waals surface area contributed by atoms with Crippen molar-refractivity contribution in [2.45, 2.75) is 44.6 Å². The van der Waals surface area contributed by atoms with Crippen LogP contribution in [0.15, 0.2) is 55.1 Å². The Balaban J connectivity index is 1.47. The number of unbranched alkanes of at least 4 members (excludes halogenated alkanes) is 1. The number of benzene rings is 1. The minimum absolute atomic E-state index is 0.0703. The van der Waals surface area contributed by atoms with Crippen molar-refractivity contribution >= 4 is 17.6 Å². The molecule has 0 radical (unpaired) electrons. The predicted molar refractivity (Wildman–Crippen MR) is 150 cm³/mol. The predicted octanol–water partition coefficient (Wildman–Crippen LogP) is 3.54. The van der Waals surface area contributed by atoms with Gasteiger partial charge < -0.3 is 24.2 Å². The smallest absolute Gasteiger partial charge is 0.308 e. The number of rotatable bonds is 12. The number of hydrogen-bond acceptors (Lipinski definition) is 9. The summed E-state index contributed by atoms with van der Waals surface area (Å²) in [5.74, 6) is -0.0483. The van der Waals surface area contributed by atoms with E-state index in [4.69, 9.17) is 14.2 Å². The molecule has 3 unspecified atom stereocenters. The molecule has 2 aliphatic rings. The van der Waals surface area contributed by atoms with Crippen LogP contribution in [0, 0.1) is 5.92 Å². The van der Waals surface area contributed by atoms with Gasteiger partial charge >= 0.3 is 5.97 Å². The van der Waals surface area contributed by atoms with E-state index in [1.165, 1.54) is 0 Å². The summed E-state index contributed by atoms with van der Waals surface area (Å²) in [6.45, 7) is 3.16. The summed E-state index contributed by atoms with van der Waals surface area (Å²) >= 11 is 0.